The van der Waals surface area contributed by atoms with Crippen molar-refractivity contribution in [3.63, 3.8) is 0 Å². The molecular formula is C25H33N3O13. The van der Waals surface area contributed by atoms with Crippen molar-refractivity contribution in [2.24, 2.45) is 0 Å². The lowest BCUT2D eigenvalue weighted by atomic mass is 9.94. The molecule has 41 heavy (non-hydrogen) atoms. The van der Waals surface area contributed by atoms with E-state index in [1.807, 2.05) is 6.33 Å². The molecule has 2 aliphatic rings. The van der Waals surface area contributed by atoms with E-state index in [1.165, 1.54) is 24.2 Å². The summed E-state index contributed by atoms with van der Waals surface area (Å²) in [6.07, 6.45) is 8.94. The van der Waals surface area contributed by atoms with Crippen LogP contribution in [0.25, 0.3) is 0 Å². The zero-order valence-corrected chi connectivity index (χ0v) is 22.2. The first kappa shape index (κ1) is 36.2. The Balaban J connectivity index is 0.000000571. The van der Waals surface area contributed by atoms with Crippen LogP contribution < -0.4 is 0 Å². The van der Waals surface area contributed by atoms with Crippen molar-refractivity contribution in [3.8, 4) is 0 Å². The second-order valence-corrected chi connectivity index (χ2v) is 8.00. The molecule has 1 fully saturated rings. The molecule has 0 aromatic carbocycles. The summed E-state index contributed by atoms with van der Waals surface area (Å²) in [5, 5.41) is 46.9. The van der Waals surface area contributed by atoms with Gasteiger partial charge in [-0.2, -0.15) is 0 Å². The van der Waals surface area contributed by atoms with Gasteiger partial charge in [-0.15, -0.1) is 0 Å². The average molecular weight is 584 g/mol. The van der Waals surface area contributed by atoms with E-state index in [0.29, 0.717) is 42.5 Å². The van der Waals surface area contributed by atoms with Crippen LogP contribution >= 0.6 is 0 Å². The minimum atomic E-state index is -1.26. The van der Waals surface area contributed by atoms with Crippen molar-refractivity contribution in [2.45, 2.75) is 38.8 Å². The fraction of sp³-hybridized carbons (Fsp3) is 0.400. The number of aryl methyl sites for hydroxylation is 1. The van der Waals surface area contributed by atoms with E-state index in [0.717, 1.165) is 39.3 Å². The minimum Gasteiger partial charge on any atom is -0.478 e. The fourth-order valence-corrected chi connectivity index (χ4v) is 3.49. The lowest BCUT2D eigenvalue weighted by Gasteiger charge is -2.36. The Hall–Kier alpha value is -4.83. The SMILES string of the molecule is CCn1cnc2c1CCC(N1CCOCC1)C2.O=C(O)/C=C/C(=O)O.O=C(O)/C=C/C(=O)O.O=C(O)/C=C/C(=O)O. The molecule has 1 atom stereocenters. The number of rotatable bonds is 8. The Labute approximate surface area is 234 Å². The molecule has 1 aliphatic carbocycles. The number of fused-ring (bicyclic) bond motifs is 1. The third kappa shape index (κ3) is 18.2. The van der Waals surface area contributed by atoms with E-state index < -0.39 is 35.8 Å². The summed E-state index contributed by atoms with van der Waals surface area (Å²) >= 11 is 0. The van der Waals surface area contributed by atoms with E-state index in [2.05, 4.69) is 21.4 Å². The molecule has 1 unspecified atom stereocenters. The number of carbonyl (C=O) groups is 6. The summed E-state index contributed by atoms with van der Waals surface area (Å²) in [7, 11) is 0. The van der Waals surface area contributed by atoms with Crippen LogP contribution in [0.15, 0.2) is 42.8 Å². The Morgan fingerprint density at radius 3 is 1.51 bits per heavy atom. The second-order valence-electron chi connectivity index (χ2n) is 8.00. The van der Waals surface area contributed by atoms with E-state index in [1.54, 1.807) is 0 Å². The number of nitrogens with zero attached hydrogens (tertiary/aromatic N) is 3. The highest BCUT2D eigenvalue weighted by atomic mass is 16.5. The maximum Gasteiger partial charge on any atom is 0.328 e. The largest absolute Gasteiger partial charge is 0.478 e. The second kappa shape index (κ2) is 20.1. The maximum absolute atomic E-state index is 9.55. The first-order valence-electron chi connectivity index (χ1n) is 12.0. The van der Waals surface area contributed by atoms with E-state index in [9.17, 15) is 28.8 Å². The highest BCUT2D eigenvalue weighted by molar-refractivity contribution is 5.90. The summed E-state index contributed by atoms with van der Waals surface area (Å²) in [6, 6.07) is 0.687. The number of carboxylic acids is 6. The lowest BCUT2D eigenvalue weighted by Crippen LogP contribution is -2.46. The predicted octanol–water partition coefficient (Wildman–Crippen LogP) is 0.228. The number of hydrogen-bond donors (Lipinski definition) is 6. The van der Waals surface area contributed by atoms with Crippen LogP contribution in [0.2, 0.25) is 0 Å². The number of ether oxygens (including phenoxy) is 1. The van der Waals surface area contributed by atoms with Crippen molar-refractivity contribution < 1.29 is 64.1 Å². The van der Waals surface area contributed by atoms with Crippen molar-refractivity contribution in [2.75, 3.05) is 26.3 Å². The summed E-state index contributed by atoms with van der Waals surface area (Å²) in [6.45, 7) is 7.21. The third-order valence-electron chi connectivity index (χ3n) is 5.18. The van der Waals surface area contributed by atoms with Gasteiger partial charge < -0.3 is 39.9 Å². The van der Waals surface area contributed by atoms with Gasteiger partial charge in [0.15, 0.2) is 0 Å². The van der Waals surface area contributed by atoms with Crippen LogP contribution in [0.5, 0.6) is 0 Å². The summed E-state index contributed by atoms with van der Waals surface area (Å²) < 4.78 is 7.72. The number of hydrogen-bond acceptors (Lipinski definition) is 9. The zero-order chi connectivity index (χ0) is 31.4. The monoisotopic (exact) mass is 583 g/mol. The molecule has 1 aromatic rings. The molecule has 0 saturated carbocycles. The van der Waals surface area contributed by atoms with Gasteiger partial charge in [0.2, 0.25) is 0 Å². The molecule has 1 aliphatic heterocycles. The molecule has 1 saturated heterocycles. The summed E-state index contributed by atoms with van der Waals surface area (Å²) in [5.74, 6) is -7.54. The highest BCUT2D eigenvalue weighted by Gasteiger charge is 2.27. The van der Waals surface area contributed by atoms with Gasteiger partial charge in [0, 0.05) is 74.2 Å². The zero-order valence-electron chi connectivity index (χ0n) is 22.2. The predicted molar refractivity (Wildman–Crippen MR) is 139 cm³/mol. The van der Waals surface area contributed by atoms with Gasteiger partial charge in [0.05, 0.1) is 25.2 Å². The van der Waals surface area contributed by atoms with E-state index in [-0.39, 0.29) is 0 Å². The number of carboxylic acid groups (broad SMARTS) is 6. The molecule has 16 heteroatoms. The topological polar surface area (TPSA) is 254 Å². The van der Waals surface area contributed by atoms with Gasteiger partial charge in [-0.3, -0.25) is 4.90 Å². The number of aromatic nitrogens is 2. The van der Waals surface area contributed by atoms with E-state index in [4.69, 9.17) is 35.4 Å². The molecule has 0 spiro atoms. The molecule has 0 bridgehead atoms. The van der Waals surface area contributed by atoms with E-state index >= 15 is 0 Å². The van der Waals surface area contributed by atoms with Gasteiger partial charge in [-0.05, 0) is 19.8 Å². The normalized spacial score (nSPS) is 16.3. The van der Waals surface area contributed by atoms with Crippen molar-refractivity contribution in [3.05, 3.63) is 54.2 Å². The number of imidazole rings is 1. The standard InChI is InChI=1S/C13H21N3O.3C4H4O4/c1-2-15-10-14-12-9-11(3-4-13(12)15)16-5-7-17-8-6-16;3*5-3(6)1-2-4(7)8/h10-11H,2-9H2,1H3;3*1-2H,(H,5,6)(H,7,8)/b;3*2-1+. The van der Waals surface area contributed by atoms with Crippen LogP contribution in [0.3, 0.4) is 0 Å². The highest BCUT2D eigenvalue weighted by Crippen LogP contribution is 2.24. The van der Waals surface area contributed by atoms with Gasteiger partial charge in [0.25, 0.3) is 0 Å². The molecule has 6 N–H and O–H groups in total. The Kier molecular flexibility index (Phi) is 17.8. The number of morpholine rings is 1. The van der Waals surface area contributed by atoms with Crippen LogP contribution in [-0.4, -0.2) is 113 Å². The molecule has 0 amide bonds. The van der Waals surface area contributed by atoms with Gasteiger partial charge in [-0.1, -0.05) is 0 Å². The number of aliphatic carboxylic acids is 6. The Morgan fingerprint density at radius 1 is 0.780 bits per heavy atom. The van der Waals surface area contributed by atoms with Crippen LogP contribution in [0.1, 0.15) is 24.7 Å². The molecule has 1 aromatic heterocycles. The smallest absolute Gasteiger partial charge is 0.328 e. The van der Waals surface area contributed by atoms with Crippen molar-refractivity contribution >= 4 is 35.8 Å². The van der Waals surface area contributed by atoms with Crippen molar-refractivity contribution in [1.29, 1.82) is 0 Å². The lowest BCUT2D eigenvalue weighted by molar-refractivity contribution is -0.134. The molecule has 3 rings (SSSR count). The fourth-order valence-electron chi connectivity index (χ4n) is 3.49. The Bertz CT molecular complexity index is 1000. The minimum absolute atomic E-state index is 0.558. The quantitative estimate of drug-likeness (QED) is 0.224. The molecule has 226 valence electrons. The van der Waals surface area contributed by atoms with Crippen LogP contribution in [-0.2, 0) is 52.9 Å². The first-order chi connectivity index (χ1) is 19.3. The van der Waals surface area contributed by atoms with Crippen LogP contribution in [0.4, 0.5) is 0 Å². The average Bonchev–Trinajstić information content (AvgIpc) is 3.33. The van der Waals surface area contributed by atoms with Gasteiger partial charge >= 0.3 is 35.8 Å². The summed E-state index contributed by atoms with van der Waals surface area (Å²) in [5.41, 5.74) is 2.80. The van der Waals surface area contributed by atoms with Crippen LogP contribution in [0, 0.1) is 0 Å². The van der Waals surface area contributed by atoms with Gasteiger partial charge in [0.1, 0.15) is 0 Å². The first-order valence-corrected chi connectivity index (χ1v) is 12.0. The molecule has 16 nitrogen and oxygen atoms in total. The maximum atomic E-state index is 9.55. The Morgan fingerprint density at radius 2 is 1.17 bits per heavy atom. The molecule has 2 heterocycles. The van der Waals surface area contributed by atoms with Gasteiger partial charge in [-0.25, -0.2) is 33.8 Å². The molecular weight excluding hydrogens is 550 g/mol. The third-order valence-corrected chi connectivity index (χ3v) is 5.18. The molecule has 0 radical (unpaired) electrons. The van der Waals surface area contributed by atoms with Crippen molar-refractivity contribution in [1.82, 2.24) is 14.5 Å². The summed E-state index contributed by atoms with van der Waals surface area (Å²) in [4.78, 5) is 64.5.